The number of hydrogen-bond donors (Lipinski definition) is 2. The van der Waals surface area contributed by atoms with Gasteiger partial charge >= 0.3 is 5.97 Å². The fourth-order valence-corrected chi connectivity index (χ4v) is 3.74. The predicted molar refractivity (Wildman–Crippen MR) is 70.3 cm³/mol. The van der Waals surface area contributed by atoms with Crippen LogP contribution >= 0.6 is 0 Å². The topological polar surface area (TPSA) is 66.4 Å². The first-order valence-electron chi connectivity index (χ1n) is 7.03. The molecule has 1 amide bonds. The van der Waals surface area contributed by atoms with Gasteiger partial charge in [-0.2, -0.15) is 0 Å². The third-order valence-corrected chi connectivity index (χ3v) is 4.66. The maximum Gasteiger partial charge on any atom is 0.307 e. The van der Waals surface area contributed by atoms with Crippen LogP contribution in [0.4, 0.5) is 0 Å². The van der Waals surface area contributed by atoms with E-state index in [-0.39, 0.29) is 29.7 Å². The van der Waals surface area contributed by atoms with Gasteiger partial charge < -0.3 is 10.4 Å². The highest BCUT2D eigenvalue weighted by atomic mass is 16.4. The molecular weight excluding hydrogens is 242 g/mol. The Bertz CT molecular complexity index is 454. The van der Waals surface area contributed by atoms with E-state index in [1.165, 1.54) is 0 Å². The van der Waals surface area contributed by atoms with Crippen LogP contribution in [0.25, 0.3) is 0 Å². The molecule has 4 heteroatoms. The summed E-state index contributed by atoms with van der Waals surface area (Å²) in [6.07, 6.45) is 11.8. The molecule has 19 heavy (non-hydrogen) atoms. The first-order chi connectivity index (χ1) is 9.16. The average molecular weight is 261 g/mol. The quantitative estimate of drug-likeness (QED) is 0.760. The SMILES string of the molecule is O=C(O)[C@@H]1C2C=CC(C2)[C@@H]1C(=O)NC1CC=CCC1. The van der Waals surface area contributed by atoms with E-state index in [1.807, 2.05) is 12.2 Å². The molecule has 4 nitrogen and oxygen atoms in total. The summed E-state index contributed by atoms with van der Waals surface area (Å²) in [7, 11) is 0. The summed E-state index contributed by atoms with van der Waals surface area (Å²) < 4.78 is 0. The molecule has 1 fully saturated rings. The van der Waals surface area contributed by atoms with Gasteiger partial charge in [0.15, 0.2) is 0 Å². The number of hydrogen-bond acceptors (Lipinski definition) is 2. The van der Waals surface area contributed by atoms with Crippen molar-refractivity contribution in [2.45, 2.75) is 31.7 Å². The van der Waals surface area contributed by atoms with Crippen LogP contribution in [-0.2, 0) is 9.59 Å². The number of carboxylic acid groups (broad SMARTS) is 1. The summed E-state index contributed by atoms with van der Waals surface area (Å²) in [5.74, 6) is -1.65. The van der Waals surface area contributed by atoms with E-state index in [0.717, 1.165) is 25.7 Å². The van der Waals surface area contributed by atoms with Gasteiger partial charge in [0.05, 0.1) is 11.8 Å². The highest BCUT2D eigenvalue weighted by Gasteiger charge is 2.51. The fraction of sp³-hybridized carbons (Fsp3) is 0.600. The monoisotopic (exact) mass is 261 g/mol. The molecule has 3 unspecified atom stereocenters. The number of carbonyl (C=O) groups excluding carboxylic acids is 1. The number of fused-ring (bicyclic) bond motifs is 2. The van der Waals surface area contributed by atoms with Gasteiger partial charge in [-0.1, -0.05) is 24.3 Å². The molecule has 3 aliphatic rings. The van der Waals surface area contributed by atoms with E-state index in [4.69, 9.17) is 0 Å². The second-order valence-corrected chi connectivity index (χ2v) is 5.83. The molecule has 0 aromatic carbocycles. The molecule has 0 heterocycles. The van der Waals surface area contributed by atoms with Gasteiger partial charge in [0.25, 0.3) is 0 Å². The highest BCUT2D eigenvalue weighted by molar-refractivity contribution is 5.87. The van der Waals surface area contributed by atoms with E-state index >= 15 is 0 Å². The van der Waals surface area contributed by atoms with Crippen molar-refractivity contribution in [3.05, 3.63) is 24.3 Å². The van der Waals surface area contributed by atoms with Gasteiger partial charge in [-0.25, -0.2) is 0 Å². The Morgan fingerprint density at radius 2 is 1.84 bits per heavy atom. The summed E-state index contributed by atoms with van der Waals surface area (Å²) in [5.41, 5.74) is 0. The van der Waals surface area contributed by atoms with E-state index < -0.39 is 11.9 Å². The van der Waals surface area contributed by atoms with Crippen molar-refractivity contribution in [3.63, 3.8) is 0 Å². The first-order valence-corrected chi connectivity index (χ1v) is 7.03. The number of nitrogens with one attached hydrogen (secondary N) is 1. The van der Waals surface area contributed by atoms with Crippen molar-refractivity contribution in [1.29, 1.82) is 0 Å². The van der Waals surface area contributed by atoms with E-state index in [0.29, 0.717) is 0 Å². The van der Waals surface area contributed by atoms with Crippen LogP contribution in [0.5, 0.6) is 0 Å². The molecule has 0 aromatic heterocycles. The molecule has 2 bridgehead atoms. The van der Waals surface area contributed by atoms with Crippen molar-refractivity contribution in [1.82, 2.24) is 5.32 Å². The molecule has 0 spiro atoms. The molecule has 5 atom stereocenters. The molecular formula is C15H19NO3. The van der Waals surface area contributed by atoms with Crippen molar-refractivity contribution < 1.29 is 14.7 Å². The van der Waals surface area contributed by atoms with Gasteiger partial charge in [-0.15, -0.1) is 0 Å². The zero-order valence-electron chi connectivity index (χ0n) is 10.8. The summed E-state index contributed by atoms with van der Waals surface area (Å²) >= 11 is 0. The zero-order valence-corrected chi connectivity index (χ0v) is 10.8. The van der Waals surface area contributed by atoms with E-state index in [2.05, 4.69) is 17.5 Å². The number of aliphatic carboxylic acids is 1. The molecule has 0 aromatic rings. The highest BCUT2D eigenvalue weighted by Crippen LogP contribution is 2.48. The number of rotatable bonds is 3. The van der Waals surface area contributed by atoms with Crippen molar-refractivity contribution in [2.24, 2.45) is 23.7 Å². The van der Waals surface area contributed by atoms with Crippen LogP contribution < -0.4 is 5.32 Å². The third-order valence-electron chi connectivity index (χ3n) is 4.66. The summed E-state index contributed by atoms with van der Waals surface area (Å²) in [4.78, 5) is 23.8. The number of amides is 1. The van der Waals surface area contributed by atoms with Crippen molar-refractivity contribution in [3.8, 4) is 0 Å². The van der Waals surface area contributed by atoms with Crippen LogP contribution in [0.15, 0.2) is 24.3 Å². The molecule has 3 rings (SSSR count). The van der Waals surface area contributed by atoms with Gasteiger partial charge in [-0.3, -0.25) is 9.59 Å². The van der Waals surface area contributed by atoms with Crippen LogP contribution in [0.3, 0.4) is 0 Å². The molecule has 0 aliphatic heterocycles. The van der Waals surface area contributed by atoms with Gasteiger partial charge in [-0.05, 0) is 37.5 Å². The van der Waals surface area contributed by atoms with E-state index in [1.54, 1.807) is 0 Å². The Morgan fingerprint density at radius 1 is 1.11 bits per heavy atom. The number of allylic oxidation sites excluding steroid dienone is 3. The Morgan fingerprint density at radius 3 is 2.47 bits per heavy atom. The third kappa shape index (κ3) is 2.20. The maximum absolute atomic E-state index is 12.4. The summed E-state index contributed by atoms with van der Waals surface area (Å²) in [5, 5.41) is 12.4. The Balaban J connectivity index is 1.70. The second kappa shape index (κ2) is 4.83. The smallest absolute Gasteiger partial charge is 0.307 e. The van der Waals surface area contributed by atoms with Crippen LogP contribution in [0, 0.1) is 23.7 Å². The lowest BCUT2D eigenvalue weighted by Gasteiger charge is -2.27. The minimum Gasteiger partial charge on any atom is -0.481 e. The minimum atomic E-state index is -0.833. The predicted octanol–water partition coefficient (Wildman–Crippen LogP) is 1.73. The molecule has 2 N–H and O–H groups in total. The summed E-state index contributed by atoms with van der Waals surface area (Å²) in [6.45, 7) is 0. The van der Waals surface area contributed by atoms with Crippen LogP contribution in [0.2, 0.25) is 0 Å². The number of carbonyl (C=O) groups is 2. The van der Waals surface area contributed by atoms with Gasteiger partial charge in [0.1, 0.15) is 0 Å². The Hall–Kier alpha value is -1.58. The lowest BCUT2D eigenvalue weighted by Crippen LogP contribution is -2.44. The molecule has 102 valence electrons. The Kier molecular flexibility index (Phi) is 3.17. The lowest BCUT2D eigenvalue weighted by molar-refractivity contribution is -0.148. The van der Waals surface area contributed by atoms with Crippen LogP contribution in [0.1, 0.15) is 25.7 Å². The largest absolute Gasteiger partial charge is 0.481 e. The van der Waals surface area contributed by atoms with Crippen LogP contribution in [-0.4, -0.2) is 23.0 Å². The average Bonchev–Trinajstić information content (AvgIpc) is 2.99. The maximum atomic E-state index is 12.4. The minimum absolute atomic E-state index is 0.0458. The van der Waals surface area contributed by atoms with Crippen molar-refractivity contribution >= 4 is 11.9 Å². The molecule has 0 saturated heterocycles. The first kappa shape index (κ1) is 12.5. The fourth-order valence-electron chi connectivity index (χ4n) is 3.74. The molecule has 0 radical (unpaired) electrons. The van der Waals surface area contributed by atoms with E-state index in [9.17, 15) is 14.7 Å². The molecule has 3 aliphatic carbocycles. The second-order valence-electron chi connectivity index (χ2n) is 5.83. The zero-order chi connectivity index (χ0) is 13.4. The lowest BCUT2D eigenvalue weighted by atomic mass is 9.82. The van der Waals surface area contributed by atoms with Gasteiger partial charge in [0.2, 0.25) is 5.91 Å². The Labute approximate surface area is 112 Å². The molecule has 1 saturated carbocycles. The number of carboxylic acids is 1. The van der Waals surface area contributed by atoms with Crippen molar-refractivity contribution in [2.75, 3.05) is 0 Å². The standard InChI is InChI=1S/C15H19NO3/c17-14(16-11-4-2-1-3-5-11)12-9-6-7-10(8-9)13(12)15(18)19/h1-2,6-7,9-13H,3-5,8H2,(H,16,17)(H,18,19)/t9?,10?,11?,12-,13+/m0/s1. The normalized spacial score (nSPS) is 39.5. The summed E-state index contributed by atoms with van der Waals surface area (Å²) in [6, 6.07) is 0.176. The van der Waals surface area contributed by atoms with Gasteiger partial charge in [0, 0.05) is 6.04 Å².